The van der Waals surface area contributed by atoms with Gasteiger partial charge in [-0.15, -0.1) is 0 Å². The second-order valence-electron chi connectivity index (χ2n) is 4.61. The van der Waals surface area contributed by atoms with Gasteiger partial charge in [0.05, 0.1) is 6.61 Å². The molecule has 0 radical (unpaired) electrons. The fourth-order valence-electron chi connectivity index (χ4n) is 1.61. The zero-order valence-electron chi connectivity index (χ0n) is 11.7. The molecule has 1 unspecified atom stereocenters. The van der Waals surface area contributed by atoms with Gasteiger partial charge in [0.15, 0.2) is 0 Å². The van der Waals surface area contributed by atoms with Gasteiger partial charge in [0.1, 0.15) is 5.75 Å². The molecule has 106 valence electrons. The lowest BCUT2D eigenvalue weighted by Crippen LogP contribution is -2.33. The number of carbonyl (C=O) groups excluding carboxylic acids is 1. The van der Waals surface area contributed by atoms with E-state index in [1.807, 2.05) is 6.92 Å². The van der Waals surface area contributed by atoms with Crippen LogP contribution >= 0.6 is 0 Å². The minimum Gasteiger partial charge on any atom is -0.494 e. The van der Waals surface area contributed by atoms with Crippen molar-refractivity contribution in [3.05, 3.63) is 29.8 Å². The molecule has 1 atom stereocenters. The number of aliphatic hydroxyl groups excluding tert-OH is 1. The molecule has 1 amide bonds. The first-order valence-corrected chi connectivity index (χ1v) is 6.82. The molecule has 2 N–H and O–H groups in total. The van der Waals surface area contributed by atoms with Gasteiger partial charge in [-0.05, 0) is 44.0 Å². The standard InChI is InChI=1S/C15H23NO3/c1-3-4-11-19-14-7-5-13(6-8-14)15(18)16-12(2)9-10-17/h5-8,12,17H,3-4,9-11H2,1-2H3,(H,16,18). The maximum absolute atomic E-state index is 11.9. The number of hydrogen-bond acceptors (Lipinski definition) is 3. The van der Waals surface area contributed by atoms with Crippen molar-refractivity contribution in [2.45, 2.75) is 39.2 Å². The summed E-state index contributed by atoms with van der Waals surface area (Å²) in [6, 6.07) is 7.09. The maximum atomic E-state index is 11.9. The zero-order valence-corrected chi connectivity index (χ0v) is 11.7. The highest BCUT2D eigenvalue weighted by molar-refractivity contribution is 5.94. The molecular formula is C15H23NO3. The molecule has 4 heteroatoms. The fraction of sp³-hybridized carbons (Fsp3) is 0.533. The van der Waals surface area contributed by atoms with Crippen molar-refractivity contribution >= 4 is 5.91 Å². The molecular weight excluding hydrogens is 242 g/mol. The third-order valence-corrected chi connectivity index (χ3v) is 2.82. The van der Waals surface area contributed by atoms with Crippen LogP contribution in [0.2, 0.25) is 0 Å². The Balaban J connectivity index is 2.48. The molecule has 0 heterocycles. The highest BCUT2D eigenvalue weighted by Crippen LogP contribution is 2.13. The van der Waals surface area contributed by atoms with Gasteiger partial charge in [0.25, 0.3) is 5.91 Å². The molecule has 1 aromatic rings. The highest BCUT2D eigenvalue weighted by atomic mass is 16.5. The van der Waals surface area contributed by atoms with E-state index < -0.39 is 0 Å². The van der Waals surface area contributed by atoms with E-state index in [1.54, 1.807) is 24.3 Å². The summed E-state index contributed by atoms with van der Waals surface area (Å²) in [6.07, 6.45) is 2.69. The topological polar surface area (TPSA) is 58.6 Å². The number of amides is 1. The minimum atomic E-state index is -0.124. The van der Waals surface area contributed by atoms with Crippen molar-refractivity contribution in [2.24, 2.45) is 0 Å². The smallest absolute Gasteiger partial charge is 0.251 e. The van der Waals surface area contributed by atoms with E-state index in [4.69, 9.17) is 9.84 Å². The summed E-state index contributed by atoms with van der Waals surface area (Å²) in [5, 5.41) is 11.6. The van der Waals surface area contributed by atoms with E-state index in [0.29, 0.717) is 18.6 Å². The Morgan fingerprint density at radius 1 is 1.37 bits per heavy atom. The van der Waals surface area contributed by atoms with E-state index >= 15 is 0 Å². The van der Waals surface area contributed by atoms with Crippen LogP contribution in [0.15, 0.2) is 24.3 Å². The molecule has 0 aromatic heterocycles. The second-order valence-corrected chi connectivity index (χ2v) is 4.61. The summed E-state index contributed by atoms with van der Waals surface area (Å²) >= 11 is 0. The van der Waals surface area contributed by atoms with Crippen LogP contribution in [0.25, 0.3) is 0 Å². The van der Waals surface area contributed by atoms with Gasteiger partial charge in [-0.2, -0.15) is 0 Å². The number of aliphatic hydroxyl groups is 1. The lowest BCUT2D eigenvalue weighted by molar-refractivity contribution is 0.0934. The van der Waals surface area contributed by atoms with Crippen LogP contribution < -0.4 is 10.1 Å². The first-order valence-electron chi connectivity index (χ1n) is 6.82. The first kappa shape index (κ1) is 15.5. The van der Waals surface area contributed by atoms with Crippen LogP contribution in [-0.2, 0) is 0 Å². The molecule has 0 aliphatic heterocycles. The fourth-order valence-corrected chi connectivity index (χ4v) is 1.61. The molecule has 1 aromatic carbocycles. The average Bonchev–Trinajstić information content (AvgIpc) is 2.40. The third kappa shape index (κ3) is 5.75. The molecule has 1 rings (SSSR count). The second kappa shape index (κ2) is 8.53. The van der Waals surface area contributed by atoms with Gasteiger partial charge in [0.2, 0.25) is 0 Å². The van der Waals surface area contributed by atoms with Gasteiger partial charge in [0, 0.05) is 18.2 Å². The number of unbranched alkanes of at least 4 members (excludes halogenated alkanes) is 1. The maximum Gasteiger partial charge on any atom is 0.251 e. The van der Waals surface area contributed by atoms with Crippen molar-refractivity contribution in [1.29, 1.82) is 0 Å². The largest absolute Gasteiger partial charge is 0.494 e. The summed E-state index contributed by atoms with van der Waals surface area (Å²) in [4.78, 5) is 11.9. The molecule has 19 heavy (non-hydrogen) atoms. The molecule has 4 nitrogen and oxygen atoms in total. The third-order valence-electron chi connectivity index (χ3n) is 2.82. The zero-order chi connectivity index (χ0) is 14.1. The Hall–Kier alpha value is -1.55. The van der Waals surface area contributed by atoms with E-state index in [-0.39, 0.29) is 18.6 Å². The number of nitrogens with one attached hydrogen (secondary N) is 1. The van der Waals surface area contributed by atoms with Gasteiger partial charge >= 0.3 is 0 Å². The molecule has 0 spiro atoms. The van der Waals surface area contributed by atoms with Crippen molar-refractivity contribution in [3.63, 3.8) is 0 Å². The Labute approximate surface area is 114 Å². The Bertz CT molecular complexity index is 375. The SMILES string of the molecule is CCCCOc1ccc(C(=O)NC(C)CCO)cc1. The van der Waals surface area contributed by atoms with Crippen LogP contribution in [0.3, 0.4) is 0 Å². The van der Waals surface area contributed by atoms with Crippen molar-refractivity contribution in [1.82, 2.24) is 5.32 Å². The van der Waals surface area contributed by atoms with E-state index in [9.17, 15) is 4.79 Å². The number of carbonyl (C=O) groups is 1. The van der Waals surface area contributed by atoms with Crippen LogP contribution in [-0.4, -0.2) is 30.3 Å². The minimum absolute atomic E-state index is 0.0296. The lowest BCUT2D eigenvalue weighted by atomic mass is 10.1. The van der Waals surface area contributed by atoms with Crippen molar-refractivity contribution < 1.29 is 14.6 Å². The van der Waals surface area contributed by atoms with Crippen LogP contribution in [0.1, 0.15) is 43.5 Å². The molecule has 0 aliphatic rings. The molecule has 0 fully saturated rings. The highest BCUT2D eigenvalue weighted by Gasteiger charge is 2.09. The number of ether oxygens (including phenoxy) is 1. The normalized spacial score (nSPS) is 11.9. The Morgan fingerprint density at radius 2 is 2.05 bits per heavy atom. The lowest BCUT2D eigenvalue weighted by Gasteiger charge is -2.12. The van der Waals surface area contributed by atoms with Crippen LogP contribution in [0, 0.1) is 0 Å². The Kier molecular flexibility index (Phi) is 6.97. The average molecular weight is 265 g/mol. The summed E-state index contributed by atoms with van der Waals surface area (Å²) in [6.45, 7) is 4.77. The molecule has 0 aliphatic carbocycles. The summed E-state index contributed by atoms with van der Waals surface area (Å²) < 4.78 is 5.54. The number of hydrogen-bond donors (Lipinski definition) is 2. The van der Waals surface area contributed by atoms with E-state index in [2.05, 4.69) is 12.2 Å². The molecule has 0 saturated carbocycles. The van der Waals surface area contributed by atoms with Crippen LogP contribution in [0.4, 0.5) is 0 Å². The molecule has 0 bridgehead atoms. The predicted molar refractivity (Wildman–Crippen MR) is 75.5 cm³/mol. The predicted octanol–water partition coefficient (Wildman–Crippen LogP) is 2.37. The quantitative estimate of drug-likeness (QED) is 0.709. The van der Waals surface area contributed by atoms with Crippen molar-refractivity contribution in [2.75, 3.05) is 13.2 Å². The monoisotopic (exact) mass is 265 g/mol. The van der Waals surface area contributed by atoms with Gasteiger partial charge in [-0.1, -0.05) is 13.3 Å². The number of benzene rings is 1. The first-order chi connectivity index (χ1) is 9.17. The number of rotatable bonds is 8. The summed E-state index contributed by atoms with van der Waals surface area (Å²) in [5.74, 6) is 0.662. The summed E-state index contributed by atoms with van der Waals surface area (Å²) in [5.41, 5.74) is 0.604. The van der Waals surface area contributed by atoms with Gasteiger partial charge < -0.3 is 15.2 Å². The van der Waals surface area contributed by atoms with E-state index in [0.717, 1.165) is 18.6 Å². The van der Waals surface area contributed by atoms with Crippen molar-refractivity contribution in [3.8, 4) is 5.75 Å². The van der Waals surface area contributed by atoms with Gasteiger partial charge in [-0.25, -0.2) is 0 Å². The molecule has 0 saturated heterocycles. The van der Waals surface area contributed by atoms with E-state index in [1.165, 1.54) is 0 Å². The van der Waals surface area contributed by atoms with Gasteiger partial charge in [-0.3, -0.25) is 4.79 Å². The summed E-state index contributed by atoms with van der Waals surface area (Å²) in [7, 11) is 0. The van der Waals surface area contributed by atoms with Crippen LogP contribution in [0.5, 0.6) is 5.75 Å². The Morgan fingerprint density at radius 3 is 2.63 bits per heavy atom.